The standard InChI is InChI=1S/C31H29ClN2O3/c1-19(21-7-9-23(10-8-21)22-5-3-2-4-6-22)34-29-25(11-12-27(32)26(29)18-33-34)28(35)13-20-14-31(15-20)16-24(17-31)30(36)37/h2-12,18-20,24H,13-17H2,1H3,(H,36,37)/i1D3,19D. The number of nitrogens with zero attached hydrogens (tertiary/aromatic N) is 2. The van der Waals surface area contributed by atoms with Crippen LogP contribution >= 0.6 is 11.6 Å². The summed E-state index contributed by atoms with van der Waals surface area (Å²) in [5.74, 6) is -1.08. The lowest BCUT2D eigenvalue weighted by Gasteiger charge is -2.56. The summed E-state index contributed by atoms with van der Waals surface area (Å²) in [6, 6.07) is 17.3. The maximum atomic E-state index is 13.6. The third kappa shape index (κ3) is 4.25. The maximum absolute atomic E-state index is 13.6. The molecule has 2 fully saturated rings. The van der Waals surface area contributed by atoms with Gasteiger partial charge < -0.3 is 5.11 Å². The van der Waals surface area contributed by atoms with Gasteiger partial charge >= 0.3 is 5.97 Å². The molecule has 0 bridgehead atoms. The van der Waals surface area contributed by atoms with Gasteiger partial charge in [-0.1, -0.05) is 66.2 Å². The van der Waals surface area contributed by atoms with Gasteiger partial charge in [0.2, 0.25) is 0 Å². The highest BCUT2D eigenvalue weighted by molar-refractivity contribution is 6.36. The Bertz CT molecular complexity index is 1640. The molecule has 37 heavy (non-hydrogen) atoms. The molecule has 188 valence electrons. The maximum Gasteiger partial charge on any atom is 0.306 e. The zero-order valence-corrected chi connectivity index (χ0v) is 20.9. The smallest absolute Gasteiger partial charge is 0.306 e. The molecule has 4 aromatic rings. The van der Waals surface area contributed by atoms with Crippen LogP contribution in [0, 0.1) is 17.3 Å². The number of Topliss-reactive ketones (excluding diaryl/α,β-unsaturated/α-hetero) is 1. The molecule has 1 N–H and O–H groups in total. The summed E-state index contributed by atoms with van der Waals surface area (Å²) in [5.41, 5.74) is 2.59. The van der Waals surface area contributed by atoms with Gasteiger partial charge in [-0.2, -0.15) is 5.10 Å². The lowest BCUT2D eigenvalue weighted by atomic mass is 9.47. The molecule has 2 aliphatic carbocycles. The Balaban J connectivity index is 1.35. The van der Waals surface area contributed by atoms with Crippen molar-refractivity contribution in [2.24, 2.45) is 17.3 Å². The zero-order chi connectivity index (χ0) is 29.2. The van der Waals surface area contributed by atoms with Crippen molar-refractivity contribution in [3.8, 4) is 11.1 Å². The molecule has 1 spiro atoms. The molecule has 5 nitrogen and oxygen atoms in total. The van der Waals surface area contributed by atoms with Gasteiger partial charge in [-0.05, 0) is 72.7 Å². The van der Waals surface area contributed by atoms with Gasteiger partial charge in [-0.3, -0.25) is 14.3 Å². The van der Waals surface area contributed by atoms with Crippen molar-refractivity contribution in [3.05, 3.63) is 89.1 Å². The number of ketones is 1. The predicted molar refractivity (Wildman–Crippen MR) is 145 cm³/mol. The van der Waals surface area contributed by atoms with Crippen molar-refractivity contribution in [2.45, 2.75) is 45.0 Å². The molecule has 0 saturated heterocycles. The molecule has 1 unspecified atom stereocenters. The van der Waals surface area contributed by atoms with E-state index >= 15 is 0 Å². The molecule has 2 aliphatic rings. The first-order valence-corrected chi connectivity index (χ1v) is 12.9. The normalized spacial score (nSPS) is 26.2. The lowest BCUT2D eigenvalue weighted by Crippen LogP contribution is -2.50. The number of carbonyl (C=O) groups is 2. The van der Waals surface area contributed by atoms with E-state index < -0.39 is 18.8 Å². The summed E-state index contributed by atoms with van der Waals surface area (Å²) >= 11 is 6.48. The number of benzene rings is 3. The predicted octanol–water partition coefficient (Wildman–Crippen LogP) is 7.43. The van der Waals surface area contributed by atoms with Crippen LogP contribution in [0.3, 0.4) is 0 Å². The Morgan fingerprint density at radius 3 is 2.46 bits per heavy atom. The molecule has 1 atom stereocenters. The average molecular weight is 517 g/mol. The fourth-order valence-electron chi connectivity index (χ4n) is 6.25. The summed E-state index contributed by atoms with van der Waals surface area (Å²) in [4.78, 5) is 24.9. The second kappa shape index (κ2) is 9.14. The largest absolute Gasteiger partial charge is 0.481 e. The van der Waals surface area contributed by atoms with E-state index in [-0.39, 0.29) is 46.1 Å². The van der Waals surface area contributed by atoms with E-state index in [4.69, 9.17) is 15.7 Å². The van der Waals surface area contributed by atoms with E-state index in [1.54, 1.807) is 36.4 Å². The van der Waals surface area contributed by atoms with Gasteiger partial charge in [0.05, 0.1) is 30.0 Å². The highest BCUT2D eigenvalue weighted by Crippen LogP contribution is 2.62. The third-order valence-electron chi connectivity index (χ3n) is 8.08. The van der Waals surface area contributed by atoms with Gasteiger partial charge in [0.15, 0.2) is 5.78 Å². The number of hydrogen-bond acceptors (Lipinski definition) is 3. The van der Waals surface area contributed by atoms with Crippen molar-refractivity contribution in [3.63, 3.8) is 0 Å². The molecule has 0 amide bonds. The van der Waals surface area contributed by atoms with Crippen molar-refractivity contribution in [1.82, 2.24) is 9.78 Å². The number of carboxylic acid groups (broad SMARTS) is 1. The van der Waals surface area contributed by atoms with E-state index in [0.717, 1.165) is 28.7 Å². The summed E-state index contributed by atoms with van der Waals surface area (Å²) in [5, 5.41) is 14.3. The number of rotatable bonds is 7. The number of carbonyl (C=O) groups excluding carboxylic acids is 1. The molecule has 1 heterocycles. The van der Waals surface area contributed by atoms with Crippen LogP contribution < -0.4 is 0 Å². The molecule has 3 aromatic carbocycles. The summed E-state index contributed by atoms with van der Waals surface area (Å²) < 4.78 is 35.8. The van der Waals surface area contributed by atoms with Crippen molar-refractivity contribution < 1.29 is 20.2 Å². The minimum Gasteiger partial charge on any atom is -0.481 e. The summed E-state index contributed by atoms with van der Waals surface area (Å²) in [6.07, 6.45) is 4.61. The van der Waals surface area contributed by atoms with Crippen LogP contribution in [0.15, 0.2) is 72.9 Å². The van der Waals surface area contributed by atoms with Crippen LogP contribution in [0.5, 0.6) is 0 Å². The zero-order valence-electron chi connectivity index (χ0n) is 24.2. The van der Waals surface area contributed by atoms with Crippen LogP contribution in [0.2, 0.25) is 5.02 Å². The first-order valence-electron chi connectivity index (χ1n) is 14.5. The molecule has 6 rings (SSSR count). The second-order valence-corrected chi connectivity index (χ2v) is 11.0. The summed E-state index contributed by atoms with van der Waals surface area (Å²) in [7, 11) is 0. The Hall–Kier alpha value is -3.44. The number of fused-ring (bicyclic) bond motifs is 1. The quantitative estimate of drug-likeness (QED) is 0.259. The highest BCUT2D eigenvalue weighted by atomic mass is 35.5. The van der Waals surface area contributed by atoms with Crippen LogP contribution in [-0.4, -0.2) is 26.6 Å². The summed E-state index contributed by atoms with van der Waals surface area (Å²) in [6.45, 7) is -2.84. The van der Waals surface area contributed by atoms with E-state index in [9.17, 15) is 16.1 Å². The van der Waals surface area contributed by atoms with Gasteiger partial charge in [0.25, 0.3) is 0 Å². The Labute approximate surface area is 226 Å². The van der Waals surface area contributed by atoms with E-state index in [2.05, 4.69) is 5.10 Å². The fourth-order valence-corrected chi connectivity index (χ4v) is 6.45. The average Bonchev–Trinajstić information content (AvgIpc) is 3.35. The Morgan fingerprint density at radius 2 is 1.78 bits per heavy atom. The van der Waals surface area contributed by atoms with E-state index in [1.807, 2.05) is 30.3 Å². The molecular formula is C31H29ClN2O3. The molecule has 0 radical (unpaired) electrons. The highest BCUT2D eigenvalue weighted by Gasteiger charge is 2.54. The van der Waals surface area contributed by atoms with Crippen LogP contribution in [0.4, 0.5) is 0 Å². The van der Waals surface area contributed by atoms with E-state index in [1.165, 1.54) is 6.20 Å². The first-order chi connectivity index (χ1) is 19.4. The number of aliphatic carboxylic acids is 1. The number of carboxylic acids is 1. The van der Waals surface area contributed by atoms with Crippen molar-refractivity contribution in [2.75, 3.05) is 0 Å². The topological polar surface area (TPSA) is 72.2 Å². The number of hydrogen-bond donors (Lipinski definition) is 1. The fraction of sp³-hybridized carbons (Fsp3) is 0.323. The minimum atomic E-state index is -2.84. The molecule has 1 aromatic heterocycles. The van der Waals surface area contributed by atoms with Crippen molar-refractivity contribution in [1.29, 1.82) is 0 Å². The van der Waals surface area contributed by atoms with Gasteiger partial charge in [0, 0.05) is 21.5 Å². The third-order valence-corrected chi connectivity index (χ3v) is 8.41. The van der Waals surface area contributed by atoms with Gasteiger partial charge in [-0.15, -0.1) is 0 Å². The van der Waals surface area contributed by atoms with Crippen molar-refractivity contribution >= 4 is 34.3 Å². The molecule has 0 aliphatic heterocycles. The molecule has 2 saturated carbocycles. The molecular weight excluding hydrogens is 484 g/mol. The Kier molecular flexibility index (Phi) is 4.85. The first kappa shape index (κ1) is 19.6. The van der Waals surface area contributed by atoms with Crippen LogP contribution in [-0.2, 0) is 4.79 Å². The SMILES string of the molecule is [2H]C([2H])([2H])C([2H])(c1ccc(-c2ccccc2)cc1)n1ncc2c(Cl)ccc(C(=O)CC3CC4(C3)CC(C(=O)O)C4)c21. The van der Waals surface area contributed by atoms with Crippen LogP contribution in [0.1, 0.15) is 66.4 Å². The second-order valence-electron chi connectivity index (χ2n) is 10.6. The number of aromatic nitrogens is 2. The van der Waals surface area contributed by atoms with E-state index in [0.29, 0.717) is 23.3 Å². The monoisotopic (exact) mass is 516 g/mol. The van der Waals surface area contributed by atoms with Gasteiger partial charge in [0.1, 0.15) is 0 Å². The molecule has 6 heteroatoms. The lowest BCUT2D eigenvalue weighted by molar-refractivity contribution is -0.157. The van der Waals surface area contributed by atoms with Crippen LogP contribution in [0.25, 0.3) is 22.0 Å². The number of halogens is 1. The Morgan fingerprint density at radius 1 is 1.08 bits per heavy atom. The minimum absolute atomic E-state index is 0.0363. The van der Waals surface area contributed by atoms with Gasteiger partial charge in [-0.25, -0.2) is 0 Å².